The monoisotopic (exact) mass is 282 g/mol. The highest BCUT2D eigenvalue weighted by Crippen LogP contribution is 2.28. The third-order valence-corrected chi connectivity index (χ3v) is 3.42. The summed E-state index contributed by atoms with van der Waals surface area (Å²) in [7, 11) is 1.88. The summed E-state index contributed by atoms with van der Waals surface area (Å²) in [6, 6.07) is 10.2. The molecule has 0 amide bonds. The van der Waals surface area contributed by atoms with Gasteiger partial charge in [-0.15, -0.1) is 0 Å². The topological polar surface area (TPSA) is 72.9 Å². The molecule has 3 aromatic rings. The Morgan fingerprint density at radius 1 is 1.19 bits per heavy atom. The molecule has 0 radical (unpaired) electrons. The molecule has 0 spiro atoms. The zero-order chi connectivity index (χ0) is 14.7. The highest BCUT2D eigenvalue weighted by atomic mass is 15.3. The second-order valence-electron chi connectivity index (χ2n) is 4.83. The molecule has 0 saturated carbocycles. The van der Waals surface area contributed by atoms with Gasteiger partial charge in [-0.25, -0.2) is 9.97 Å². The number of benzene rings is 1. The van der Waals surface area contributed by atoms with Crippen molar-refractivity contribution in [3.05, 3.63) is 42.9 Å². The Morgan fingerprint density at radius 2 is 2.00 bits per heavy atom. The average molecular weight is 282 g/mol. The SMILES string of the molecule is Cn1ncc2c(N(CCCN)c3ccccc3)ncnc21. The molecule has 0 aliphatic carbocycles. The summed E-state index contributed by atoms with van der Waals surface area (Å²) in [5, 5.41) is 5.22. The van der Waals surface area contributed by atoms with Crippen molar-refractivity contribution in [3.63, 3.8) is 0 Å². The first-order valence-corrected chi connectivity index (χ1v) is 6.96. The first kappa shape index (κ1) is 13.5. The molecule has 0 aliphatic heterocycles. The van der Waals surface area contributed by atoms with Crippen molar-refractivity contribution in [2.45, 2.75) is 6.42 Å². The van der Waals surface area contributed by atoms with Crippen molar-refractivity contribution >= 4 is 22.5 Å². The van der Waals surface area contributed by atoms with E-state index in [1.807, 2.05) is 31.4 Å². The van der Waals surface area contributed by atoms with E-state index in [0.717, 1.165) is 35.5 Å². The molecular weight excluding hydrogens is 264 g/mol. The van der Waals surface area contributed by atoms with Crippen molar-refractivity contribution in [2.75, 3.05) is 18.0 Å². The van der Waals surface area contributed by atoms with Gasteiger partial charge in [-0.1, -0.05) is 18.2 Å². The van der Waals surface area contributed by atoms with E-state index in [2.05, 4.69) is 32.1 Å². The molecule has 2 N–H and O–H groups in total. The number of aryl methyl sites for hydroxylation is 1. The lowest BCUT2D eigenvalue weighted by molar-refractivity contribution is 0.784. The molecule has 6 heteroatoms. The Morgan fingerprint density at radius 3 is 2.76 bits per heavy atom. The summed E-state index contributed by atoms with van der Waals surface area (Å²) in [5.41, 5.74) is 7.59. The van der Waals surface area contributed by atoms with Crippen LogP contribution in [-0.4, -0.2) is 32.8 Å². The Labute approximate surface area is 123 Å². The molecule has 21 heavy (non-hydrogen) atoms. The van der Waals surface area contributed by atoms with E-state index in [1.165, 1.54) is 0 Å². The third-order valence-electron chi connectivity index (χ3n) is 3.42. The van der Waals surface area contributed by atoms with Gasteiger partial charge in [0, 0.05) is 19.3 Å². The van der Waals surface area contributed by atoms with Crippen LogP contribution in [0, 0.1) is 0 Å². The molecule has 3 rings (SSSR count). The second kappa shape index (κ2) is 5.88. The van der Waals surface area contributed by atoms with Crippen LogP contribution in [0.25, 0.3) is 11.0 Å². The Kier molecular flexibility index (Phi) is 3.79. The average Bonchev–Trinajstić information content (AvgIpc) is 2.91. The minimum Gasteiger partial charge on any atom is -0.330 e. The van der Waals surface area contributed by atoms with E-state index >= 15 is 0 Å². The Hall–Kier alpha value is -2.47. The molecule has 0 bridgehead atoms. The second-order valence-corrected chi connectivity index (χ2v) is 4.83. The quantitative estimate of drug-likeness (QED) is 0.773. The summed E-state index contributed by atoms with van der Waals surface area (Å²) in [4.78, 5) is 10.9. The number of hydrogen-bond acceptors (Lipinski definition) is 5. The van der Waals surface area contributed by atoms with Gasteiger partial charge in [0.2, 0.25) is 0 Å². The number of fused-ring (bicyclic) bond motifs is 1. The summed E-state index contributed by atoms with van der Waals surface area (Å²) in [6.45, 7) is 1.45. The largest absolute Gasteiger partial charge is 0.330 e. The fourth-order valence-corrected chi connectivity index (χ4v) is 2.38. The molecule has 0 aliphatic rings. The smallest absolute Gasteiger partial charge is 0.163 e. The molecule has 6 nitrogen and oxygen atoms in total. The number of anilines is 2. The van der Waals surface area contributed by atoms with Crippen molar-refractivity contribution in [1.29, 1.82) is 0 Å². The van der Waals surface area contributed by atoms with Crippen molar-refractivity contribution in [2.24, 2.45) is 12.8 Å². The summed E-state index contributed by atoms with van der Waals surface area (Å²) >= 11 is 0. The highest BCUT2D eigenvalue weighted by molar-refractivity contribution is 5.89. The van der Waals surface area contributed by atoms with Gasteiger partial charge in [0.15, 0.2) is 5.65 Å². The Balaban J connectivity index is 2.10. The lowest BCUT2D eigenvalue weighted by Gasteiger charge is -2.24. The van der Waals surface area contributed by atoms with Crippen LogP contribution in [-0.2, 0) is 7.05 Å². The van der Waals surface area contributed by atoms with E-state index in [-0.39, 0.29) is 0 Å². The predicted octanol–water partition coefficient (Wildman–Crippen LogP) is 1.85. The van der Waals surface area contributed by atoms with E-state index in [1.54, 1.807) is 11.0 Å². The minimum atomic E-state index is 0.643. The van der Waals surface area contributed by atoms with Crippen LogP contribution in [0.2, 0.25) is 0 Å². The molecule has 1 aromatic carbocycles. The maximum absolute atomic E-state index is 5.67. The summed E-state index contributed by atoms with van der Waals surface area (Å²) in [6.07, 6.45) is 4.28. The molecule has 2 aromatic heterocycles. The Bertz CT molecular complexity index is 721. The van der Waals surface area contributed by atoms with Gasteiger partial charge >= 0.3 is 0 Å². The van der Waals surface area contributed by atoms with Gasteiger partial charge in [0.1, 0.15) is 12.1 Å². The zero-order valence-corrected chi connectivity index (χ0v) is 12.0. The summed E-state index contributed by atoms with van der Waals surface area (Å²) in [5.74, 6) is 0.868. The zero-order valence-electron chi connectivity index (χ0n) is 12.0. The summed E-state index contributed by atoms with van der Waals surface area (Å²) < 4.78 is 1.76. The maximum atomic E-state index is 5.67. The van der Waals surface area contributed by atoms with Crippen LogP contribution in [0.5, 0.6) is 0 Å². The van der Waals surface area contributed by atoms with Gasteiger partial charge in [-0.05, 0) is 25.1 Å². The van der Waals surface area contributed by atoms with E-state index in [9.17, 15) is 0 Å². The van der Waals surface area contributed by atoms with E-state index in [4.69, 9.17) is 5.73 Å². The lowest BCUT2D eigenvalue weighted by Crippen LogP contribution is -2.22. The molecular formula is C15H18N6. The van der Waals surface area contributed by atoms with Gasteiger partial charge in [0.25, 0.3) is 0 Å². The number of hydrogen-bond donors (Lipinski definition) is 1. The normalized spacial score (nSPS) is 11.0. The number of nitrogens with two attached hydrogens (primary N) is 1. The lowest BCUT2D eigenvalue weighted by atomic mass is 10.2. The van der Waals surface area contributed by atoms with Gasteiger partial charge in [-0.3, -0.25) is 4.68 Å². The number of aromatic nitrogens is 4. The molecule has 108 valence electrons. The van der Waals surface area contributed by atoms with Crippen molar-refractivity contribution < 1.29 is 0 Å². The predicted molar refractivity (Wildman–Crippen MR) is 83.4 cm³/mol. The molecule has 0 saturated heterocycles. The fraction of sp³-hybridized carbons (Fsp3) is 0.267. The number of para-hydroxylation sites is 1. The van der Waals surface area contributed by atoms with Crippen LogP contribution >= 0.6 is 0 Å². The minimum absolute atomic E-state index is 0.643. The molecule has 0 fully saturated rings. The van der Waals surface area contributed by atoms with E-state index < -0.39 is 0 Å². The maximum Gasteiger partial charge on any atom is 0.163 e. The van der Waals surface area contributed by atoms with Crippen molar-refractivity contribution in [3.8, 4) is 0 Å². The number of nitrogens with zero attached hydrogens (tertiary/aromatic N) is 5. The highest BCUT2D eigenvalue weighted by Gasteiger charge is 2.15. The van der Waals surface area contributed by atoms with Crippen LogP contribution < -0.4 is 10.6 Å². The molecule has 0 unspecified atom stereocenters. The van der Waals surface area contributed by atoms with Crippen molar-refractivity contribution in [1.82, 2.24) is 19.7 Å². The standard InChI is InChI=1S/C15H18N6/c1-20-14-13(10-19-20)15(18-11-17-14)21(9-5-8-16)12-6-3-2-4-7-12/h2-4,6-7,10-11H,5,8-9,16H2,1H3. The molecule has 2 heterocycles. The first-order valence-electron chi connectivity index (χ1n) is 6.96. The van der Waals surface area contributed by atoms with Gasteiger partial charge < -0.3 is 10.6 Å². The van der Waals surface area contributed by atoms with Crippen LogP contribution in [0.1, 0.15) is 6.42 Å². The first-order chi connectivity index (χ1) is 10.3. The van der Waals surface area contributed by atoms with Gasteiger partial charge in [0.05, 0.1) is 11.6 Å². The number of rotatable bonds is 5. The molecule has 0 atom stereocenters. The van der Waals surface area contributed by atoms with Crippen LogP contribution in [0.15, 0.2) is 42.9 Å². The van der Waals surface area contributed by atoms with Crippen LogP contribution in [0.3, 0.4) is 0 Å². The van der Waals surface area contributed by atoms with Crippen LogP contribution in [0.4, 0.5) is 11.5 Å². The van der Waals surface area contributed by atoms with Gasteiger partial charge in [-0.2, -0.15) is 5.10 Å². The van der Waals surface area contributed by atoms with E-state index in [0.29, 0.717) is 6.54 Å². The fourth-order valence-electron chi connectivity index (χ4n) is 2.38. The third kappa shape index (κ3) is 2.57.